The van der Waals surface area contributed by atoms with Crippen LogP contribution in [0.3, 0.4) is 0 Å². The van der Waals surface area contributed by atoms with Crippen molar-refractivity contribution in [2.45, 2.75) is 51.2 Å². The molecule has 0 aromatic heterocycles. The van der Waals surface area contributed by atoms with Gasteiger partial charge in [0.2, 0.25) is 11.8 Å². The van der Waals surface area contributed by atoms with Gasteiger partial charge in [-0.2, -0.15) is 0 Å². The molecule has 0 spiro atoms. The van der Waals surface area contributed by atoms with E-state index in [9.17, 15) is 24.6 Å². The smallest absolute Gasteiger partial charge is 0.255 e. The number of rotatable bonds is 13. The van der Waals surface area contributed by atoms with Gasteiger partial charge in [-0.15, -0.1) is 0 Å². The molecule has 0 aliphatic carbocycles. The second-order valence-corrected chi connectivity index (χ2v) is 10.6. The van der Waals surface area contributed by atoms with Crippen LogP contribution in [-0.2, 0) is 22.4 Å². The lowest BCUT2D eigenvalue weighted by Crippen LogP contribution is -2.56. The third-order valence-corrected chi connectivity index (χ3v) is 6.57. The topological polar surface area (TPSA) is 128 Å². The third kappa shape index (κ3) is 9.39. The van der Waals surface area contributed by atoms with E-state index in [0.717, 1.165) is 11.1 Å². The van der Waals surface area contributed by atoms with Crippen molar-refractivity contribution >= 4 is 29.3 Å². The average molecular weight is 566 g/mol. The number of carbonyl (C=O) groups excluding carboxylic acids is 3. The number of phenols is 1. The van der Waals surface area contributed by atoms with Gasteiger partial charge in [-0.25, -0.2) is 0 Å². The minimum absolute atomic E-state index is 0.0371. The minimum Gasteiger partial charge on any atom is -0.507 e. The van der Waals surface area contributed by atoms with Gasteiger partial charge >= 0.3 is 0 Å². The van der Waals surface area contributed by atoms with Crippen LogP contribution in [0.4, 0.5) is 0 Å². The molecule has 3 rings (SSSR count). The maximum atomic E-state index is 13.5. The standard InChI is InChI=1S/C31H36ClN3O5/c1-20(2)15-26(34-29(38)25-18-23(32)13-14-28(25)37)31(40)35-27(17-22-11-7-4-8-12-22)30(39)33-24(19-36)16-21-9-5-3-6-10-21/h3-14,18,20,24,26-27,36-37H,15-17,19H2,1-2H3,(H,33,39)(H,34,38)(H,35,40)/t24-,26-,27-/m0/s1. The molecular formula is C31H36ClN3O5. The molecule has 0 unspecified atom stereocenters. The van der Waals surface area contributed by atoms with E-state index in [0.29, 0.717) is 12.8 Å². The Morgan fingerprint density at radius 1 is 0.775 bits per heavy atom. The number of aliphatic hydroxyl groups excluding tert-OH is 1. The number of hydrogen-bond acceptors (Lipinski definition) is 5. The second-order valence-electron chi connectivity index (χ2n) is 10.1. The summed E-state index contributed by atoms with van der Waals surface area (Å²) in [7, 11) is 0. The predicted octanol–water partition coefficient (Wildman–Crippen LogP) is 3.64. The van der Waals surface area contributed by atoms with Gasteiger partial charge < -0.3 is 26.2 Å². The van der Waals surface area contributed by atoms with E-state index in [1.165, 1.54) is 18.2 Å². The van der Waals surface area contributed by atoms with Crippen LogP contribution >= 0.6 is 11.6 Å². The Labute approximate surface area is 239 Å². The highest BCUT2D eigenvalue weighted by atomic mass is 35.5. The summed E-state index contributed by atoms with van der Waals surface area (Å²) < 4.78 is 0. The number of aliphatic hydroxyl groups is 1. The quantitative estimate of drug-likeness (QED) is 0.216. The Hall–Kier alpha value is -3.88. The fourth-order valence-electron chi connectivity index (χ4n) is 4.32. The molecule has 212 valence electrons. The summed E-state index contributed by atoms with van der Waals surface area (Å²) in [5.74, 6) is -1.87. The van der Waals surface area contributed by atoms with E-state index < -0.39 is 35.8 Å². The third-order valence-electron chi connectivity index (χ3n) is 6.34. The molecular weight excluding hydrogens is 530 g/mol. The molecule has 0 aliphatic rings. The van der Waals surface area contributed by atoms with Crippen LogP contribution in [0.5, 0.6) is 5.75 Å². The van der Waals surface area contributed by atoms with E-state index in [4.69, 9.17) is 11.6 Å². The summed E-state index contributed by atoms with van der Waals surface area (Å²) in [5.41, 5.74) is 1.73. The highest BCUT2D eigenvalue weighted by Gasteiger charge is 2.29. The van der Waals surface area contributed by atoms with Crippen molar-refractivity contribution in [1.82, 2.24) is 16.0 Å². The Morgan fingerprint density at radius 2 is 1.35 bits per heavy atom. The fourth-order valence-corrected chi connectivity index (χ4v) is 4.49. The van der Waals surface area contributed by atoms with Crippen molar-refractivity contribution in [1.29, 1.82) is 0 Å². The van der Waals surface area contributed by atoms with Crippen LogP contribution < -0.4 is 16.0 Å². The summed E-state index contributed by atoms with van der Waals surface area (Å²) >= 11 is 6.00. The van der Waals surface area contributed by atoms with Crippen molar-refractivity contribution in [3.05, 3.63) is 101 Å². The highest BCUT2D eigenvalue weighted by Crippen LogP contribution is 2.22. The number of benzene rings is 3. The molecule has 0 radical (unpaired) electrons. The highest BCUT2D eigenvalue weighted by molar-refractivity contribution is 6.31. The number of phenolic OH excluding ortho intramolecular Hbond substituents is 1. The zero-order valence-corrected chi connectivity index (χ0v) is 23.4. The molecule has 0 aliphatic heterocycles. The van der Waals surface area contributed by atoms with Gasteiger partial charge in [0.25, 0.3) is 5.91 Å². The molecule has 0 saturated carbocycles. The lowest BCUT2D eigenvalue weighted by Gasteiger charge is -2.26. The van der Waals surface area contributed by atoms with Gasteiger partial charge in [0, 0.05) is 11.4 Å². The van der Waals surface area contributed by atoms with Gasteiger partial charge in [0.15, 0.2) is 0 Å². The van der Waals surface area contributed by atoms with Gasteiger partial charge in [-0.1, -0.05) is 86.1 Å². The van der Waals surface area contributed by atoms with E-state index >= 15 is 0 Å². The van der Waals surface area contributed by atoms with Crippen LogP contribution in [0, 0.1) is 5.92 Å². The normalized spacial score (nSPS) is 13.2. The van der Waals surface area contributed by atoms with Crippen LogP contribution in [0.2, 0.25) is 5.02 Å². The average Bonchev–Trinajstić information content (AvgIpc) is 2.94. The molecule has 0 saturated heterocycles. The molecule has 3 amide bonds. The molecule has 3 atom stereocenters. The summed E-state index contributed by atoms with van der Waals surface area (Å²) in [6.45, 7) is 3.54. The number of carbonyl (C=O) groups is 3. The van der Waals surface area contributed by atoms with E-state index in [1.807, 2.05) is 74.5 Å². The van der Waals surface area contributed by atoms with Crippen molar-refractivity contribution in [2.24, 2.45) is 5.92 Å². The van der Waals surface area contributed by atoms with Crippen LogP contribution in [-0.4, -0.2) is 52.7 Å². The Morgan fingerprint density at radius 3 is 1.93 bits per heavy atom. The molecule has 3 aromatic carbocycles. The van der Waals surface area contributed by atoms with Crippen molar-refractivity contribution < 1.29 is 24.6 Å². The van der Waals surface area contributed by atoms with Crippen LogP contribution in [0.25, 0.3) is 0 Å². The number of amides is 3. The molecule has 9 heteroatoms. The number of aromatic hydroxyl groups is 1. The summed E-state index contributed by atoms with van der Waals surface area (Å²) in [6.07, 6.45) is 0.926. The molecule has 40 heavy (non-hydrogen) atoms. The Balaban J connectivity index is 1.79. The SMILES string of the molecule is CC(C)C[C@H](NC(=O)c1cc(Cl)ccc1O)C(=O)N[C@@H](Cc1ccccc1)C(=O)N[C@H](CO)Cc1ccccc1. The van der Waals surface area contributed by atoms with Crippen molar-refractivity contribution in [2.75, 3.05) is 6.61 Å². The second kappa shape index (κ2) is 15.1. The van der Waals surface area contributed by atoms with Crippen molar-refractivity contribution in [3.63, 3.8) is 0 Å². The maximum absolute atomic E-state index is 13.5. The molecule has 0 bridgehead atoms. The van der Waals surface area contributed by atoms with Crippen LogP contribution in [0.1, 0.15) is 41.8 Å². The first-order valence-electron chi connectivity index (χ1n) is 13.2. The van der Waals surface area contributed by atoms with Gasteiger partial charge in [-0.05, 0) is 48.1 Å². The zero-order chi connectivity index (χ0) is 29.1. The number of hydrogen-bond donors (Lipinski definition) is 5. The summed E-state index contributed by atoms with van der Waals surface area (Å²) in [5, 5.41) is 28.7. The zero-order valence-electron chi connectivity index (χ0n) is 22.6. The monoisotopic (exact) mass is 565 g/mol. The largest absolute Gasteiger partial charge is 0.507 e. The first kappa shape index (κ1) is 30.7. The van der Waals surface area contributed by atoms with Gasteiger partial charge in [-0.3, -0.25) is 14.4 Å². The van der Waals surface area contributed by atoms with Gasteiger partial charge in [0.1, 0.15) is 17.8 Å². The molecule has 0 heterocycles. The lowest BCUT2D eigenvalue weighted by atomic mass is 10.00. The maximum Gasteiger partial charge on any atom is 0.255 e. The summed E-state index contributed by atoms with van der Waals surface area (Å²) in [6, 6.07) is 20.3. The Bertz CT molecular complexity index is 1270. The predicted molar refractivity (Wildman–Crippen MR) is 155 cm³/mol. The van der Waals surface area contributed by atoms with Crippen molar-refractivity contribution in [3.8, 4) is 5.75 Å². The van der Waals surface area contributed by atoms with Gasteiger partial charge in [0.05, 0.1) is 18.2 Å². The molecule has 8 nitrogen and oxygen atoms in total. The fraction of sp³-hybridized carbons (Fsp3) is 0.323. The van der Waals surface area contributed by atoms with E-state index in [1.54, 1.807) is 0 Å². The van der Waals surface area contributed by atoms with Crippen LogP contribution in [0.15, 0.2) is 78.9 Å². The number of nitrogens with one attached hydrogen (secondary N) is 3. The Kier molecular flexibility index (Phi) is 11.5. The summed E-state index contributed by atoms with van der Waals surface area (Å²) in [4.78, 5) is 39.9. The molecule has 0 fully saturated rings. The van der Waals surface area contributed by atoms with E-state index in [-0.39, 0.29) is 35.3 Å². The first-order valence-corrected chi connectivity index (χ1v) is 13.6. The number of halogens is 1. The lowest BCUT2D eigenvalue weighted by molar-refractivity contribution is -0.130. The molecule has 3 aromatic rings. The van der Waals surface area contributed by atoms with E-state index in [2.05, 4.69) is 16.0 Å². The minimum atomic E-state index is -0.977. The molecule has 5 N–H and O–H groups in total. The first-order chi connectivity index (χ1) is 19.2.